The fourth-order valence-electron chi connectivity index (χ4n) is 3.11. The van der Waals surface area contributed by atoms with Crippen molar-refractivity contribution in [2.75, 3.05) is 26.0 Å². The van der Waals surface area contributed by atoms with Crippen LogP contribution in [0.15, 0.2) is 53.4 Å². The zero-order valence-corrected chi connectivity index (χ0v) is 14.9. The van der Waals surface area contributed by atoms with Gasteiger partial charge in [0.15, 0.2) is 0 Å². The van der Waals surface area contributed by atoms with E-state index >= 15 is 0 Å². The summed E-state index contributed by atoms with van der Waals surface area (Å²) < 4.78 is 26.7. The van der Waals surface area contributed by atoms with Crippen LogP contribution in [0.2, 0.25) is 0 Å². The Morgan fingerprint density at radius 2 is 1.71 bits per heavy atom. The normalized spacial score (nSPS) is 22.8. The predicted octanol–water partition coefficient (Wildman–Crippen LogP) is 2.03. The van der Waals surface area contributed by atoms with Gasteiger partial charge in [0.05, 0.1) is 17.0 Å². The van der Waals surface area contributed by atoms with Gasteiger partial charge in [0.1, 0.15) is 0 Å². The van der Waals surface area contributed by atoms with Gasteiger partial charge in [0, 0.05) is 32.4 Å². The predicted molar refractivity (Wildman–Crippen MR) is 94.6 cm³/mol. The molecule has 128 valence electrons. The van der Waals surface area contributed by atoms with E-state index in [9.17, 15) is 13.5 Å². The van der Waals surface area contributed by atoms with Crippen LogP contribution in [0.3, 0.4) is 0 Å². The molecule has 1 heterocycles. The van der Waals surface area contributed by atoms with Gasteiger partial charge in [-0.05, 0) is 30.2 Å². The molecule has 1 aliphatic rings. The average molecular weight is 346 g/mol. The summed E-state index contributed by atoms with van der Waals surface area (Å²) in [6, 6.07) is 14.1. The van der Waals surface area contributed by atoms with Gasteiger partial charge in [-0.1, -0.05) is 30.3 Å². The van der Waals surface area contributed by atoms with Crippen molar-refractivity contribution in [2.45, 2.75) is 23.5 Å². The Morgan fingerprint density at radius 3 is 2.33 bits per heavy atom. The van der Waals surface area contributed by atoms with Crippen molar-refractivity contribution in [3.8, 4) is 0 Å². The molecule has 5 nitrogen and oxygen atoms in total. The highest BCUT2D eigenvalue weighted by atomic mass is 32.2. The minimum Gasteiger partial charge on any atom is -0.387 e. The highest BCUT2D eigenvalue weighted by Crippen LogP contribution is 2.36. The lowest BCUT2D eigenvalue weighted by molar-refractivity contribution is 0.0892. The lowest BCUT2D eigenvalue weighted by Gasteiger charge is -2.37. The third-order valence-electron chi connectivity index (χ3n) is 4.62. The highest BCUT2D eigenvalue weighted by molar-refractivity contribution is 7.89. The maximum Gasteiger partial charge on any atom is 0.243 e. The first kappa shape index (κ1) is 17.0. The van der Waals surface area contributed by atoms with E-state index in [1.54, 1.807) is 24.3 Å². The van der Waals surface area contributed by atoms with Crippen molar-refractivity contribution in [3.63, 3.8) is 0 Å². The zero-order chi connectivity index (χ0) is 17.5. The number of nitrogens with zero attached hydrogens (tertiary/aromatic N) is 2. The fraction of sp³-hybridized carbons (Fsp3) is 0.333. The molecule has 3 rings (SSSR count). The molecule has 0 aromatic heterocycles. The molecule has 24 heavy (non-hydrogen) atoms. The Morgan fingerprint density at radius 1 is 1.08 bits per heavy atom. The molecular weight excluding hydrogens is 324 g/mol. The molecule has 0 bridgehead atoms. The molecular formula is C18H22N2O3S. The van der Waals surface area contributed by atoms with Crippen LogP contribution in [0, 0.1) is 0 Å². The average Bonchev–Trinajstić information content (AvgIpc) is 2.58. The molecule has 2 atom stereocenters. The van der Waals surface area contributed by atoms with Crippen LogP contribution < -0.4 is 4.90 Å². The van der Waals surface area contributed by atoms with E-state index in [2.05, 4.69) is 0 Å². The van der Waals surface area contributed by atoms with Crippen LogP contribution in [0.5, 0.6) is 0 Å². The maximum absolute atomic E-state index is 12.7. The van der Waals surface area contributed by atoms with Gasteiger partial charge in [0.2, 0.25) is 10.0 Å². The number of aliphatic hydroxyl groups excluding tert-OH is 1. The third kappa shape index (κ3) is 2.81. The largest absolute Gasteiger partial charge is 0.387 e. The molecule has 0 aliphatic carbocycles. The van der Waals surface area contributed by atoms with Crippen LogP contribution in [0.25, 0.3) is 0 Å². The summed E-state index contributed by atoms with van der Waals surface area (Å²) in [4.78, 5) is 2.20. The Labute approximate surface area is 143 Å². The Kier molecular flexibility index (Phi) is 4.38. The monoisotopic (exact) mass is 346 g/mol. The summed E-state index contributed by atoms with van der Waals surface area (Å²) >= 11 is 0. The Balaban J connectivity index is 1.94. The van der Waals surface area contributed by atoms with Gasteiger partial charge in [-0.25, -0.2) is 8.42 Å². The second kappa shape index (κ2) is 6.20. The van der Waals surface area contributed by atoms with Crippen molar-refractivity contribution in [3.05, 3.63) is 59.7 Å². The fourth-order valence-corrected chi connectivity index (χ4v) is 4.70. The summed E-state index contributed by atoms with van der Waals surface area (Å²) in [7, 11) is 1.89. The topological polar surface area (TPSA) is 60.9 Å². The van der Waals surface area contributed by atoms with Crippen LogP contribution in [0.1, 0.15) is 17.2 Å². The number of likely N-dealkylation sites (N-methyl/N-ethyl adjacent to an activating group) is 1. The first-order chi connectivity index (χ1) is 11.3. The minimum atomic E-state index is -3.58. The van der Waals surface area contributed by atoms with Crippen molar-refractivity contribution in [1.29, 1.82) is 0 Å². The number of hydrogen-bond acceptors (Lipinski definition) is 4. The molecule has 0 radical (unpaired) electrons. The Hall–Kier alpha value is -1.89. The molecule has 1 aliphatic heterocycles. The first-order valence-corrected chi connectivity index (χ1v) is 9.27. The van der Waals surface area contributed by atoms with Gasteiger partial charge in [-0.2, -0.15) is 4.31 Å². The van der Waals surface area contributed by atoms with Crippen LogP contribution in [0.4, 0.5) is 5.69 Å². The van der Waals surface area contributed by atoms with Gasteiger partial charge in [0.25, 0.3) is 0 Å². The van der Waals surface area contributed by atoms with E-state index in [0.717, 1.165) is 11.3 Å². The third-order valence-corrected chi connectivity index (χ3v) is 6.58. The number of hydrogen-bond donors (Lipinski definition) is 1. The molecule has 2 aromatic rings. The summed E-state index contributed by atoms with van der Waals surface area (Å²) in [6.07, 6.45) is -0.387. The molecule has 0 fully saturated rings. The van der Waals surface area contributed by atoms with Crippen molar-refractivity contribution in [2.24, 2.45) is 0 Å². The summed E-state index contributed by atoms with van der Waals surface area (Å²) in [5.41, 5.74) is 2.55. The number of anilines is 1. The number of rotatable bonds is 3. The smallest absolute Gasteiger partial charge is 0.243 e. The molecule has 0 saturated carbocycles. The van der Waals surface area contributed by atoms with Gasteiger partial charge < -0.3 is 10.0 Å². The van der Waals surface area contributed by atoms with Gasteiger partial charge in [-0.3, -0.25) is 0 Å². The van der Waals surface area contributed by atoms with Gasteiger partial charge in [-0.15, -0.1) is 0 Å². The SMILES string of the molecule is CN(C)c1ccc(C[C@@H]2[C@@H](O)c3ccccc3S(=O)(=O)N2C)cc1. The van der Waals surface area contributed by atoms with Crippen molar-refractivity contribution < 1.29 is 13.5 Å². The molecule has 0 saturated heterocycles. The summed E-state index contributed by atoms with van der Waals surface area (Å²) in [6.45, 7) is 0. The van der Waals surface area contributed by atoms with Crippen molar-refractivity contribution >= 4 is 15.7 Å². The number of sulfonamides is 1. The van der Waals surface area contributed by atoms with Crippen molar-refractivity contribution in [1.82, 2.24) is 4.31 Å². The molecule has 6 heteroatoms. The maximum atomic E-state index is 12.7. The zero-order valence-electron chi connectivity index (χ0n) is 14.0. The van der Waals surface area contributed by atoms with E-state index in [0.29, 0.717) is 12.0 Å². The number of aliphatic hydroxyl groups is 1. The summed E-state index contributed by atoms with van der Waals surface area (Å²) in [5, 5.41) is 10.7. The van der Waals surface area contributed by atoms with Gasteiger partial charge >= 0.3 is 0 Å². The number of benzene rings is 2. The lowest BCUT2D eigenvalue weighted by atomic mass is 9.95. The minimum absolute atomic E-state index is 0.194. The standard InChI is InChI=1S/C18H22N2O3S/c1-19(2)14-10-8-13(9-11-14)12-16-18(21)15-6-4-5-7-17(15)24(22,23)20(16)3/h4-11,16,18,21H,12H2,1-3H3/t16-,18+/m1/s1. The van der Waals surface area contributed by atoms with E-state index < -0.39 is 22.2 Å². The number of fused-ring (bicyclic) bond motifs is 1. The molecule has 0 spiro atoms. The van der Waals surface area contributed by atoms with Crippen LogP contribution >= 0.6 is 0 Å². The molecule has 1 N–H and O–H groups in total. The van der Waals surface area contributed by atoms with E-state index in [1.165, 1.54) is 11.4 Å². The second-order valence-electron chi connectivity index (χ2n) is 6.34. The van der Waals surface area contributed by atoms with E-state index in [-0.39, 0.29) is 4.90 Å². The van der Waals surface area contributed by atoms with Crippen LogP contribution in [-0.2, 0) is 16.4 Å². The molecule has 2 aromatic carbocycles. The lowest BCUT2D eigenvalue weighted by Crippen LogP contribution is -2.46. The first-order valence-electron chi connectivity index (χ1n) is 7.83. The van der Waals surface area contributed by atoms with Crippen LogP contribution in [-0.4, -0.2) is 45.0 Å². The van der Waals surface area contributed by atoms with E-state index in [1.807, 2.05) is 43.3 Å². The molecule has 0 amide bonds. The summed E-state index contributed by atoms with van der Waals surface area (Å²) in [5.74, 6) is 0. The Bertz CT molecular complexity index is 832. The highest BCUT2D eigenvalue weighted by Gasteiger charge is 2.41. The second-order valence-corrected chi connectivity index (χ2v) is 8.30. The molecule has 0 unspecified atom stereocenters. The van der Waals surface area contributed by atoms with E-state index in [4.69, 9.17) is 0 Å². The quantitative estimate of drug-likeness (QED) is 0.924.